The fourth-order valence-corrected chi connectivity index (χ4v) is 4.71. The van der Waals surface area contributed by atoms with Crippen molar-refractivity contribution in [2.24, 2.45) is 0 Å². The summed E-state index contributed by atoms with van der Waals surface area (Å²) < 4.78 is 0. The van der Waals surface area contributed by atoms with E-state index in [-0.39, 0.29) is 5.91 Å². The lowest BCUT2D eigenvalue weighted by Gasteiger charge is -2.22. The zero-order valence-electron chi connectivity index (χ0n) is 13.1. The highest BCUT2D eigenvalue weighted by molar-refractivity contribution is 7.14. The average molecular weight is 327 g/mol. The summed E-state index contributed by atoms with van der Waals surface area (Å²) in [6.07, 6.45) is 7.17. The first-order valence-electron chi connectivity index (χ1n) is 8.33. The number of thiophene rings is 1. The van der Waals surface area contributed by atoms with Crippen molar-refractivity contribution in [1.29, 1.82) is 0 Å². The fourth-order valence-electron chi connectivity index (χ4n) is 3.59. The molecule has 1 amide bonds. The van der Waals surface area contributed by atoms with E-state index in [0.29, 0.717) is 6.54 Å². The molecule has 0 atom stereocenters. The molecule has 0 radical (unpaired) electrons. The first-order valence-corrected chi connectivity index (χ1v) is 9.15. The second-order valence-corrected chi connectivity index (χ2v) is 7.54. The smallest absolute Gasteiger partial charge is 0.261 e. The van der Waals surface area contributed by atoms with Gasteiger partial charge in [-0.15, -0.1) is 11.3 Å². The summed E-state index contributed by atoms with van der Waals surface area (Å²) in [5.41, 5.74) is 2.24. The van der Waals surface area contributed by atoms with E-state index in [0.717, 1.165) is 29.7 Å². The van der Waals surface area contributed by atoms with Crippen LogP contribution in [-0.4, -0.2) is 21.8 Å². The molecule has 1 aliphatic carbocycles. The van der Waals surface area contributed by atoms with Gasteiger partial charge in [0, 0.05) is 30.2 Å². The Bertz CT molecular complexity index is 668. The van der Waals surface area contributed by atoms with E-state index in [2.05, 4.69) is 21.3 Å². The number of nitrogens with one attached hydrogen (secondary N) is 1. The van der Waals surface area contributed by atoms with Crippen molar-refractivity contribution in [3.8, 4) is 0 Å². The van der Waals surface area contributed by atoms with Crippen LogP contribution in [0, 0.1) is 0 Å². The van der Waals surface area contributed by atoms with E-state index >= 15 is 0 Å². The van der Waals surface area contributed by atoms with Gasteiger partial charge < -0.3 is 5.32 Å². The van der Waals surface area contributed by atoms with E-state index in [4.69, 9.17) is 0 Å². The molecular weight excluding hydrogens is 306 g/mol. The van der Waals surface area contributed by atoms with Crippen LogP contribution in [0.25, 0.3) is 0 Å². The van der Waals surface area contributed by atoms with Gasteiger partial charge in [-0.25, -0.2) is 0 Å². The van der Waals surface area contributed by atoms with Crippen LogP contribution in [0.5, 0.6) is 0 Å². The predicted molar refractivity (Wildman–Crippen MR) is 91.2 cm³/mol. The summed E-state index contributed by atoms with van der Waals surface area (Å²) in [4.78, 5) is 21.3. The Balaban J connectivity index is 1.36. The van der Waals surface area contributed by atoms with Gasteiger partial charge in [0.05, 0.1) is 17.1 Å². The van der Waals surface area contributed by atoms with Crippen molar-refractivity contribution in [2.75, 3.05) is 0 Å². The number of amides is 1. The van der Waals surface area contributed by atoms with Crippen LogP contribution in [-0.2, 0) is 19.6 Å². The Morgan fingerprint density at radius 3 is 2.91 bits per heavy atom. The first kappa shape index (κ1) is 14.8. The molecule has 1 fully saturated rings. The molecule has 0 unspecified atom stereocenters. The highest BCUT2D eigenvalue weighted by Crippen LogP contribution is 2.35. The Labute approximate surface area is 140 Å². The predicted octanol–water partition coefficient (Wildman–Crippen LogP) is 3.33. The van der Waals surface area contributed by atoms with Gasteiger partial charge in [0.25, 0.3) is 5.91 Å². The van der Waals surface area contributed by atoms with E-state index in [9.17, 15) is 4.79 Å². The van der Waals surface area contributed by atoms with Crippen LogP contribution in [0.3, 0.4) is 0 Å². The SMILES string of the molecule is O=C(NCc1ccccn1)c1cc2c(s1)CN(C1CCCC1)C2. The number of fused-ring (bicyclic) bond motifs is 1. The van der Waals surface area contributed by atoms with Gasteiger partial charge in [-0.1, -0.05) is 18.9 Å². The normalized spacial score (nSPS) is 18.3. The number of hydrogen-bond donors (Lipinski definition) is 1. The number of rotatable bonds is 4. The Kier molecular flexibility index (Phi) is 4.14. The molecule has 1 N–H and O–H groups in total. The van der Waals surface area contributed by atoms with Crippen LogP contribution >= 0.6 is 11.3 Å². The lowest BCUT2D eigenvalue weighted by Crippen LogP contribution is -2.28. The van der Waals surface area contributed by atoms with E-state index in [1.54, 1.807) is 17.5 Å². The van der Waals surface area contributed by atoms with E-state index < -0.39 is 0 Å². The Morgan fingerprint density at radius 1 is 1.30 bits per heavy atom. The molecule has 5 heteroatoms. The molecule has 1 saturated carbocycles. The van der Waals surface area contributed by atoms with Crippen LogP contribution in [0.1, 0.15) is 51.5 Å². The second-order valence-electron chi connectivity index (χ2n) is 6.41. The van der Waals surface area contributed by atoms with Crippen molar-refractivity contribution < 1.29 is 4.79 Å². The molecule has 4 nitrogen and oxygen atoms in total. The summed E-state index contributed by atoms with van der Waals surface area (Å²) in [5, 5.41) is 2.97. The fraction of sp³-hybridized carbons (Fsp3) is 0.444. The maximum atomic E-state index is 12.3. The summed E-state index contributed by atoms with van der Waals surface area (Å²) in [6.45, 7) is 2.53. The second kappa shape index (κ2) is 6.42. The largest absolute Gasteiger partial charge is 0.346 e. The molecule has 2 aromatic rings. The van der Waals surface area contributed by atoms with Crippen molar-refractivity contribution in [3.63, 3.8) is 0 Å². The number of hydrogen-bond acceptors (Lipinski definition) is 4. The summed E-state index contributed by atoms with van der Waals surface area (Å²) >= 11 is 1.65. The van der Waals surface area contributed by atoms with Crippen LogP contribution in [0.2, 0.25) is 0 Å². The van der Waals surface area contributed by atoms with E-state index in [1.165, 1.54) is 36.1 Å². The highest BCUT2D eigenvalue weighted by Gasteiger charge is 2.30. The Hall–Kier alpha value is -1.72. The van der Waals surface area contributed by atoms with Crippen molar-refractivity contribution in [3.05, 3.63) is 51.5 Å². The standard InChI is InChI=1S/C18H21N3OS/c22-18(20-10-14-5-3-4-8-19-14)16-9-13-11-21(12-17(13)23-16)15-6-1-2-7-15/h3-5,8-9,15H,1-2,6-7,10-12H2,(H,20,22). The molecule has 0 spiro atoms. The summed E-state index contributed by atoms with van der Waals surface area (Å²) in [7, 11) is 0. The molecule has 0 bridgehead atoms. The average Bonchev–Trinajstić information content (AvgIpc) is 3.28. The van der Waals surface area contributed by atoms with E-state index in [1.807, 2.05) is 18.2 Å². The minimum Gasteiger partial charge on any atom is -0.346 e. The van der Waals surface area contributed by atoms with Gasteiger partial charge in [0.1, 0.15) is 0 Å². The van der Waals surface area contributed by atoms with Crippen molar-refractivity contribution >= 4 is 17.2 Å². The van der Waals surface area contributed by atoms with Crippen LogP contribution in [0.15, 0.2) is 30.5 Å². The molecule has 0 aromatic carbocycles. The first-order chi connectivity index (χ1) is 11.3. The topological polar surface area (TPSA) is 45.2 Å². The Morgan fingerprint density at radius 2 is 2.17 bits per heavy atom. The molecule has 3 heterocycles. The van der Waals surface area contributed by atoms with Crippen molar-refractivity contribution in [2.45, 2.75) is 51.4 Å². The highest BCUT2D eigenvalue weighted by atomic mass is 32.1. The number of aromatic nitrogens is 1. The minimum atomic E-state index is 0.0162. The number of pyridine rings is 1. The minimum absolute atomic E-state index is 0.0162. The number of carbonyl (C=O) groups excluding carboxylic acids is 1. The third kappa shape index (κ3) is 3.16. The molecule has 4 rings (SSSR count). The monoisotopic (exact) mass is 327 g/mol. The molecule has 2 aromatic heterocycles. The zero-order valence-corrected chi connectivity index (χ0v) is 13.9. The van der Waals surface area contributed by atoms with Gasteiger partial charge >= 0.3 is 0 Å². The molecular formula is C18H21N3OS. The van der Waals surface area contributed by atoms with Gasteiger partial charge in [-0.2, -0.15) is 0 Å². The number of carbonyl (C=O) groups is 1. The van der Waals surface area contributed by atoms with Gasteiger partial charge in [0.15, 0.2) is 0 Å². The van der Waals surface area contributed by atoms with Gasteiger partial charge in [0.2, 0.25) is 0 Å². The molecule has 120 valence electrons. The van der Waals surface area contributed by atoms with Gasteiger partial charge in [-0.05, 0) is 36.6 Å². The lowest BCUT2D eigenvalue weighted by atomic mass is 10.2. The van der Waals surface area contributed by atoms with Crippen LogP contribution < -0.4 is 5.32 Å². The quantitative estimate of drug-likeness (QED) is 0.937. The van der Waals surface area contributed by atoms with Crippen molar-refractivity contribution in [1.82, 2.24) is 15.2 Å². The third-order valence-electron chi connectivity index (χ3n) is 4.84. The number of nitrogens with zero attached hydrogens (tertiary/aromatic N) is 2. The van der Waals surface area contributed by atoms with Crippen LogP contribution in [0.4, 0.5) is 0 Å². The molecule has 23 heavy (non-hydrogen) atoms. The maximum absolute atomic E-state index is 12.3. The third-order valence-corrected chi connectivity index (χ3v) is 6.00. The molecule has 1 aliphatic heterocycles. The summed E-state index contributed by atoms with van der Waals surface area (Å²) in [5.74, 6) is 0.0162. The molecule has 0 saturated heterocycles. The van der Waals surface area contributed by atoms with Gasteiger partial charge in [-0.3, -0.25) is 14.7 Å². The zero-order chi connectivity index (χ0) is 15.6. The molecule has 2 aliphatic rings. The lowest BCUT2D eigenvalue weighted by molar-refractivity contribution is 0.0954. The maximum Gasteiger partial charge on any atom is 0.261 e. The summed E-state index contributed by atoms with van der Waals surface area (Å²) in [6, 6.07) is 8.59.